The van der Waals surface area contributed by atoms with E-state index in [1.54, 1.807) is 12.1 Å². The maximum atomic E-state index is 12.3. The number of anilines is 2. The van der Waals surface area contributed by atoms with Gasteiger partial charge in [0.2, 0.25) is 5.95 Å². The van der Waals surface area contributed by atoms with E-state index in [0.29, 0.717) is 11.4 Å². The quantitative estimate of drug-likeness (QED) is 0.0839. The fourth-order valence-corrected chi connectivity index (χ4v) is 3.15. The molecular weight excluding hydrogens is 583 g/mol. The van der Waals surface area contributed by atoms with Crippen molar-refractivity contribution in [3.63, 3.8) is 0 Å². The minimum absolute atomic E-state index is 0. The number of aromatic amines is 1. The van der Waals surface area contributed by atoms with Gasteiger partial charge >= 0.3 is 47.5 Å². The van der Waals surface area contributed by atoms with E-state index >= 15 is 0 Å². The summed E-state index contributed by atoms with van der Waals surface area (Å²) in [5, 5.41) is 41.2. The van der Waals surface area contributed by atoms with E-state index in [0.717, 1.165) is 0 Å². The molecule has 0 aliphatic carbocycles. The van der Waals surface area contributed by atoms with Crippen LogP contribution in [0.25, 0.3) is 11.2 Å². The van der Waals surface area contributed by atoms with Crippen molar-refractivity contribution < 1.29 is 74.0 Å². The van der Waals surface area contributed by atoms with Crippen molar-refractivity contribution >= 4 is 52.6 Å². The molecule has 0 saturated carbocycles. The minimum Gasteiger partial charge on any atom is -0.548 e. The van der Waals surface area contributed by atoms with E-state index in [1.807, 2.05) is 0 Å². The van der Waals surface area contributed by atoms with Gasteiger partial charge in [0.05, 0.1) is 24.4 Å². The Morgan fingerprint density at radius 2 is 1.58 bits per heavy atom. The Balaban J connectivity index is 0.000000723. The molecule has 19 heteroatoms. The van der Waals surface area contributed by atoms with E-state index in [-0.39, 0.29) is 84.5 Å². The molecule has 224 valence electrons. The first-order chi connectivity index (χ1) is 19.8. The molecule has 10 N–H and O–H groups in total. The second-order valence-corrected chi connectivity index (χ2v) is 8.57. The first-order valence-electron chi connectivity index (χ1n) is 12.1. The molecule has 0 fully saturated rings. The van der Waals surface area contributed by atoms with Gasteiger partial charge in [-0.25, -0.2) is 14.8 Å². The van der Waals surface area contributed by atoms with Crippen LogP contribution in [0.15, 0.2) is 35.3 Å². The van der Waals surface area contributed by atoms with Crippen LogP contribution in [0.4, 0.5) is 11.6 Å². The minimum atomic E-state index is -1.42. The molecule has 0 spiro atoms. The zero-order valence-corrected chi connectivity index (χ0v) is 24.8. The van der Waals surface area contributed by atoms with Gasteiger partial charge in [0, 0.05) is 30.1 Å². The Morgan fingerprint density at radius 3 is 2.14 bits per heavy atom. The summed E-state index contributed by atoms with van der Waals surface area (Å²) in [6, 6.07) is 3.69. The zero-order chi connectivity index (χ0) is 31.4. The Bertz CT molecular complexity index is 1520. The molecule has 1 aromatic carbocycles. The molecule has 18 nitrogen and oxygen atoms in total. The summed E-state index contributed by atoms with van der Waals surface area (Å²) >= 11 is 0. The van der Waals surface area contributed by atoms with Gasteiger partial charge < -0.3 is 47.3 Å². The maximum Gasteiger partial charge on any atom is 1.00 e. The zero-order valence-electron chi connectivity index (χ0n) is 22.8. The van der Waals surface area contributed by atoms with E-state index < -0.39 is 47.4 Å². The number of aromatic nitrogens is 4. The molecule has 2 heterocycles. The molecule has 3 aromatic rings. The SMILES string of the molecule is N[C@@H](CCC(=O)O)C(=O)[O-].Nc1nc2ncc(CNc3ccc(C(=O)N[C@@H](CCC(=O)O)C(=O)O)cc3)nc2c(=O)[nH]1.[Na+]. The molecule has 2 aromatic heterocycles. The van der Waals surface area contributed by atoms with Gasteiger partial charge in [0.15, 0.2) is 11.2 Å². The van der Waals surface area contributed by atoms with Crippen molar-refractivity contribution in [3.8, 4) is 0 Å². The number of amides is 1. The number of carbonyl (C=O) groups excluding carboxylic acids is 2. The van der Waals surface area contributed by atoms with Crippen LogP contribution in [0, 0.1) is 0 Å². The van der Waals surface area contributed by atoms with Gasteiger partial charge in [0.1, 0.15) is 6.04 Å². The van der Waals surface area contributed by atoms with Crippen LogP contribution in [-0.2, 0) is 25.7 Å². The number of hydrogen-bond acceptors (Lipinski definition) is 13. The van der Waals surface area contributed by atoms with Gasteiger partial charge in [-0.1, -0.05) is 0 Å². The number of aliphatic carboxylic acids is 4. The third kappa shape index (κ3) is 12.4. The van der Waals surface area contributed by atoms with E-state index in [1.165, 1.54) is 18.3 Å². The number of nitrogens with two attached hydrogens (primary N) is 2. The monoisotopic (exact) mass is 610 g/mol. The van der Waals surface area contributed by atoms with E-state index in [2.05, 4.69) is 30.6 Å². The number of nitrogen functional groups attached to an aromatic ring is 1. The predicted octanol–water partition coefficient (Wildman–Crippen LogP) is -5.11. The number of benzene rings is 1. The van der Waals surface area contributed by atoms with Gasteiger partial charge in [0.25, 0.3) is 11.5 Å². The average molecular weight is 611 g/mol. The van der Waals surface area contributed by atoms with Gasteiger partial charge in [-0.15, -0.1) is 0 Å². The number of fused-ring (bicyclic) bond motifs is 1. The second-order valence-electron chi connectivity index (χ2n) is 8.57. The van der Waals surface area contributed by atoms with Crippen molar-refractivity contribution in [3.05, 3.63) is 52.1 Å². The van der Waals surface area contributed by atoms with E-state index in [9.17, 15) is 33.9 Å². The fraction of sp³-hybridized carbons (Fsp3) is 0.292. The van der Waals surface area contributed by atoms with Crippen molar-refractivity contribution in [2.45, 2.75) is 44.3 Å². The number of rotatable bonds is 13. The molecule has 0 radical (unpaired) electrons. The van der Waals surface area contributed by atoms with Crippen LogP contribution >= 0.6 is 0 Å². The number of nitrogens with zero attached hydrogens (tertiary/aromatic N) is 3. The summed E-state index contributed by atoms with van der Waals surface area (Å²) in [6.45, 7) is 0.231. The Hall–Kier alpha value is -4.65. The average Bonchev–Trinajstić information content (AvgIpc) is 2.93. The summed E-state index contributed by atoms with van der Waals surface area (Å²) in [6.07, 6.45) is 0.514. The smallest absolute Gasteiger partial charge is 0.548 e. The Labute approximate surface area is 264 Å². The van der Waals surface area contributed by atoms with Crippen molar-refractivity contribution in [1.82, 2.24) is 25.3 Å². The number of H-pyrrole nitrogens is 1. The van der Waals surface area contributed by atoms with E-state index in [4.69, 9.17) is 26.8 Å². The molecule has 0 bridgehead atoms. The summed E-state index contributed by atoms with van der Waals surface area (Å²) in [5.41, 5.74) is 11.4. The molecule has 0 aliphatic heterocycles. The van der Waals surface area contributed by atoms with Gasteiger partial charge in [-0.3, -0.25) is 24.2 Å². The first-order valence-corrected chi connectivity index (χ1v) is 12.1. The Morgan fingerprint density at radius 1 is 0.977 bits per heavy atom. The molecule has 1 amide bonds. The largest absolute Gasteiger partial charge is 1.00 e. The number of carbonyl (C=O) groups is 5. The summed E-state index contributed by atoms with van der Waals surface area (Å²) in [5.74, 6) is -5.63. The van der Waals surface area contributed by atoms with Gasteiger partial charge in [-0.2, -0.15) is 4.98 Å². The molecule has 0 aliphatic rings. The summed E-state index contributed by atoms with van der Waals surface area (Å²) in [7, 11) is 0. The molecule has 43 heavy (non-hydrogen) atoms. The van der Waals surface area contributed by atoms with Crippen molar-refractivity contribution in [2.75, 3.05) is 11.1 Å². The van der Waals surface area contributed by atoms with Crippen LogP contribution in [0.1, 0.15) is 41.7 Å². The van der Waals surface area contributed by atoms with Crippen LogP contribution in [0.2, 0.25) is 0 Å². The van der Waals surface area contributed by atoms with Crippen LogP contribution in [0.5, 0.6) is 0 Å². The van der Waals surface area contributed by atoms with Crippen LogP contribution in [-0.4, -0.2) is 77.1 Å². The van der Waals surface area contributed by atoms with Crippen LogP contribution < -0.4 is 62.3 Å². The molecule has 0 unspecified atom stereocenters. The first kappa shape index (κ1) is 36.4. The second kappa shape index (κ2) is 17.3. The third-order valence-electron chi connectivity index (χ3n) is 5.33. The molecular formula is C24H27N8NaO10. The Kier molecular flexibility index (Phi) is 14.7. The van der Waals surface area contributed by atoms with Crippen LogP contribution in [0.3, 0.4) is 0 Å². The predicted molar refractivity (Wildman–Crippen MR) is 142 cm³/mol. The number of carboxylic acids is 4. The molecule has 0 saturated heterocycles. The maximum absolute atomic E-state index is 12.3. The van der Waals surface area contributed by atoms with Crippen molar-refractivity contribution in [2.24, 2.45) is 5.73 Å². The van der Waals surface area contributed by atoms with Crippen molar-refractivity contribution in [1.29, 1.82) is 0 Å². The topological polar surface area (TPSA) is 317 Å². The fourth-order valence-electron chi connectivity index (χ4n) is 3.15. The normalized spacial score (nSPS) is 11.6. The summed E-state index contributed by atoms with van der Waals surface area (Å²) in [4.78, 5) is 80.3. The molecule has 3 rings (SSSR count). The third-order valence-corrected chi connectivity index (χ3v) is 5.33. The number of carboxylic acid groups (broad SMARTS) is 4. The standard InChI is InChI=1S/C19H19N7O6.C5H9NO4.Na/c20-19-25-15-14(17(30)26-19)23-11(8-22-15)7-21-10-3-1-9(2-4-10)16(29)24-12(18(31)32)5-6-13(27)28;6-3(5(9)10)1-2-4(7)8;/h1-4,8,12,21H,5-7H2,(H,24,29)(H,27,28)(H,31,32)(H3,20,22,25,26,30);3H,1-2,6H2,(H,7,8)(H,9,10);/q;;+1/p-1/t12-;3-;/m00./s1. The van der Waals surface area contributed by atoms with Gasteiger partial charge in [-0.05, 0) is 37.1 Å². The number of hydrogen-bond donors (Lipinski definition) is 8. The molecule has 2 atom stereocenters. The summed E-state index contributed by atoms with van der Waals surface area (Å²) < 4.78 is 0. The number of nitrogens with one attached hydrogen (secondary N) is 3.